The Morgan fingerprint density at radius 2 is 2.53 bits per heavy atom. The average molecular weight is 203 g/mol. The second kappa shape index (κ2) is 4.28. The van der Waals surface area contributed by atoms with E-state index < -0.39 is 0 Å². The maximum Gasteiger partial charge on any atom is 0.129 e. The zero-order valence-electron chi connectivity index (χ0n) is 8.68. The van der Waals surface area contributed by atoms with Crippen molar-refractivity contribution in [3.05, 3.63) is 23.9 Å². The highest BCUT2D eigenvalue weighted by atomic mass is 16.5. The fourth-order valence-electron chi connectivity index (χ4n) is 1.70. The van der Waals surface area contributed by atoms with E-state index in [1.54, 1.807) is 18.3 Å². The third-order valence-electron chi connectivity index (χ3n) is 2.69. The summed E-state index contributed by atoms with van der Waals surface area (Å²) in [7, 11) is 1.99. The Hall–Kier alpha value is -1.60. The van der Waals surface area contributed by atoms with E-state index in [1.165, 1.54) is 0 Å². The van der Waals surface area contributed by atoms with E-state index in [0.29, 0.717) is 11.6 Å². The first kappa shape index (κ1) is 9.94. The molecule has 1 unspecified atom stereocenters. The Morgan fingerprint density at radius 3 is 3.20 bits per heavy atom. The molecule has 1 saturated heterocycles. The van der Waals surface area contributed by atoms with Gasteiger partial charge in [0, 0.05) is 19.9 Å². The summed E-state index contributed by atoms with van der Waals surface area (Å²) in [4.78, 5) is 6.33. The standard InChI is InChI=1S/C11H13N3O/c1-14(10-3-5-15-8-10)11-6-9(7-12)2-4-13-11/h2,4,6,10H,3,5,8H2,1H3. The van der Waals surface area contributed by atoms with Crippen molar-refractivity contribution in [1.29, 1.82) is 5.26 Å². The van der Waals surface area contributed by atoms with Gasteiger partial charge in [-0.15, -0.1) is 0 Å². The predicted molar refractivity (Wildman–Crippen MR) is 56.6 cm³/mol. The van der Waals surface area contributed by atoms with Crippen LogP contribution in [-0.4, -0.2) is 31.3 Å². The quantitative estimate of drug-likeness (QED) is 0.724. The fraction of sp³-hybridized carbons (Fsp3) is 0.455. The van der Waals surface area contributed by atoms with Crippen LogP contribution < -0.4 is 4.90 Å². The van der Waals surface area contributed by atoms with Crippen LogP contribution in [0.3, 0.4) is 0 Å². The summed E-state index contributed by atoms with van der Waals surface area (Å²) in [6.45, 7) is 1.56. The third kappa shape index (κ3) is 2.08. The predicted octanol–water partition coefficient (Wildman–Crippen LogP) is 1.18. The number of aromatic nitrogens is 1. The molecule has 2 rings (SSSR count). The van der Waals surface area contributed by atoms with Crippen LogP contribution in [-0.2, 0) is 4.74 Å². The van der Waals surface area contributed by atoms with Crippen molar-refractivity contribution in [3.8, 4) is 6.07 Å². The first-order valence-corrected chi connectivity index (χ1v) is 4.98. The molecule has 4 nitrogen and oxygen atoms in total. The van der Waals surface area contributed by atoms with Crippen LogP contribution in [0, 0.1) is 11.3 Å². The van der Waals surface area contributed by atoms with Crippen molar-refractivity contribution >= 4 is 5.82 Å². The zero-order valence-corrected chi connectivity index (χ0v) is 8.68. The molecule has 0 spiro atoms. The van der Waals surface area contributed by atoms with Gasteiger partial charge in [-0.1, -0.05) is 0 Å². The van der Waals surface area contributed by atoms with Crippen LogP contribution in [0.5, 0.6) is 0 Å². The second-order valence-corrected chi connectivity index (χ2v) is 3.64. The molecule has 0 aliphatic carbocycles. The number of hydrogen-bond donors (Lipinski definition) is 0. The van der Waals surface area contributed by atoms with Crippen molar-refractivity contribution in [2.75, 3.05) is 25.2 Å². The number of pyridine rings is 1. The minimum absolute atomic E-state index is 0.381. The summed E-state index contributed by atoms with van der Waals surface area (Å²) in [5.74, 6) is 0.838. The lowest BCUT2D eigenvalue weighted by Crippen LogP contribution is -2.32. The van der Waals surface area contributed by atoms with E-state index in [2.05, 4.69) is 16.0 Å². The molecular formula is C11H13N3O. The minimum Gasteiger partial charge on any atom is -0.379 e. The van der Waals surface area contributed by atoms with Gasteiger partial charge in [-0.05, 0) is 18.6 Å². The molecule has 1 aromatic heterocycles. The maximum absolute atomic E-state index is 8.79. The summed E-state index contributed by atoms with van der Waals surface area (Å²) in [5.41, 5.74) is 0.644. The molecule has 1 atom stereocenters. The van der Waals surface area contributed by atoms with Crippen molar-refractivity contribution in [2.24, 2.45) is 0 Å². The normalized spacial score (nSPS) is 19.9. The van der Waals surface area contributed by atoms with E-state index in [9.17, 15) is 0 Å². The van der Waals surface area contributed by atoms with Gasteiger partial charge < -0.3 is 9.64 Å². The lowest BCUT2D eigenvalue weighted by atomic mass is 10.2. The number of ether oxygens (including phenoxy) is 1. The highest BCUT2D eigenvalue weighted by Crippen LogP contribution is 2.18. The third-order valence-corrected chi connectivity index (χ3v) is 2.69. The minimum atomic E-state index is 0.381. The Balaban J connectivity index is 2.17. The van der Waals surface area contributed by atoms with Gasteiger partial charge >= 0.3 is 0 Å². The molecule has 1 aliphatic rings. The van der Waals surface area contributed by atoms with Gasteiger partial charge in [0.2, 0.25) is 0 Å². The number of likely N-dealkylation sites (N-methyl/N-ethyl adjacent to an activating group) is 1. The van der Waals surface area contributed by atoms with Crippen LogP contribution in [0.15, 0.2) is 18.3 Å². The number of nitrogens with zero attached hydrogens (tertiary/aromatic N) is 3. The summed E-state index contributed by atoms with van der Waals surface area (Å²) in [5, 5.41) is 8.79. The van der Waals surface area contributed by atoms with E-state index >= 15 is 0 Å². The molecule has 0 saturated carbocycles. The number of nitriles is 1. The molecule has 0 bridgehead atoms. The zero-order chi connectivity index (χ0) is 10.7. The smallest absolute Gasteiger partial charge is 0.129 e. The summed E-state index contributed by atoms with van der Waals surface area (Å²) < 4.78 is 5.32. The molecular weight excluding hydrogens is 190 g/mol. The Morgan fingerprint density at radius 1 is 1.67 bits per heavy atom. The van der Waals surface area contributed by atoms with Crippen LogP contribution in [0.25, 0.3) is 0 Å². The van der Waals surface area contributed by atoms with E-state index in [1.807, 2.05) is 7.05 Å². The second-order valence-electron chi connectivity index (χ2n) is 3.64. The highest BCUT2D eigenvalue weighted by Gasteiger charge is 2.21. The molecule has 1 fully saturated rings. The van der Waals surface area contributed by atoms with Crippen LogP contribution in [0.1, 0.15) is 12.0 Å². The van der Waals surface area contributed by atoms with Gasteiger partial charge in [0.25, 0.3) is 0 Å². The molecule has 78 valence electrons. The molecule has 0 aromatic carbocycles. The molecule has 15 heavy (non-hydrogen) atoms. The number of rotatable bonds is 2. The first-order valence-electron chi connectivity index (χ1n) is 4.98. The van der Waals surface area contributed by atoms with Crippen LogP contribution in [0.4, 0.5) is 5.82 Å². The highest BCUT2D eigenvalue weighted by molar-refractivity contribution is 5.45. The summed E-state index contributed by atoms with van der Waals surface area (Å²) in [6, 6.07) is 6.01. The lowest BCUT2D eigenvalue weighted by molar-refractivity contribution is 0.193. The summed E-state index contributed by atoms with van der Waals surface area (Å²) >= 11 is 0. The maximum atomic E-state index is 8.79. The van der Waals surface area contributed by atoms with Crippen LogP contribution in [0.2, 0.25) is 0 Å². The molecule has 4 heteroatoms. The Bertz CT molecular complexity index is 380. The van der Waals surface area contributed by atoms with Crippen molar-refractivity contribution < 1.29 is 4.74 Å². The van der Waals surface area contributed by atoms with E-state index in [0.717, 1.165) is 25.5 Å². The van der Waals surface area contributed by atoms with E-state index in [4.69, 9.17) is 10.00 Å². The van der Waals surface area contributed by atoms with Gasteiger partial charge in [-0.3, -0.25) is 0 Å². The molecule has 1 aromatic rings. The first-order chi connectivity index (χ1) is 7.31. The van der Waals surface area contributed by atoms with Crippen molar-refractivity contribution in [3.63, 3.8) is 0 Å². The molecule has 0 amide bonds. The van der Waals surface area contributed by atoms with Crippen molar-refractivity contribution in [2.45, 2.75) is 12.5 Å². The number of hydrogen-bond acceptors (Lipinski definition) is 4. The van der Waals surface area contributed by atoms with Gasteiger partial charge in [0.05, 0.1) is 24.3 Å². The van der Waals surface area contributed by atoms with Crippen molar-refractivity contribution in [1.82, 2.24) is 4.98 Å². The SMILES string of the molecule is CN(c1cc(C#N)ccn1)C1CCOC1. The number of anilines is 1. The largest absolute Gasteiger partial charge is 0.379 e. The lowest BCUT2D eigenvalue weighted by Gasteiger charge is -2.24. The van der Waals surface area contributed by atoms with Gasteiger partial charge in [-0.2, -0.15) is 5.26 Å². The molecule has 2 heterocycles. The van der Waals surface area contributed by atoms with E-state index in [-0.39, 0.29) is 0 Å². The Kier molecular flexibility index (Phi) is 2.84. The van der Waals surface area contributed by atoms with Gasteiger partial charge in [0.1, 0.15) is 5.82 Å². The van der Waals surface area contributed by atoms with Gasteiger partial charge in [-0.25, -0.2) is 4.98 Å². The van der Waals surface area contributed by atoms with Crippen LogP contribution >= 0.6 is 0 Å². The monoisotopic (exact) mass is 203 g/mol. The topological polar surface area (TPSA) is 49.2 Å². The Labute approximate surface area is 89.1 Å². The fourth-order valence-corrected chi connectivity index (χ4v) is 1.70. The summed E-state index contributed by atoms with van der Waals surface area (Å²) in [6.07, 6.45) is 2.69. The molecule has 1 aliphatic heterocycles. The van der Waals surface area contributed by atoms with Gasteiger partial charge in [0.15, 0.2) is 0 Å². The average Bonchev–Trinajstić information content (AvgIpc) is 2.81. The molecule has 0 radical (unpaired) electrons. The molecule has 0 N–H and O–H groups in total.